The number of aryl methyl sites for hydroxylation is 1. The van der Waals surface area contributed by atoms with Crippen LogP contribution in [0.4, 0.5) is 0 Å². The van der Waals surface area contributed by atoms with Crippen LogP contribution in [-0.4, -0.2) is 26.2 Å². The maximum atomic E-state index is 7.66. The first-order chi connectivity index (χ1) is 33.9. The van der Waals surface area contributed by atoms with Crippen molar-refractivity contribution < 1.29 is 18.9 Å². The fourth-order valence-corrected chi connectivity index (χ4v) is 10.7. The SMILES string of the molecule is CCCO/C(C)=C(/C=C(\C)C(C)(C)C)Cc1cc(C(C)(C)C)cc(Cc2cc(C(C)(C)C)cc(C(OCP(c3ccccc3)c3ccccc3)c3cc(CC)cc(C(C)(C)C)c3)c2OCCC)c1OCCC. The Morgan fingerprint density at radius 2 is 1.04 bits per heavy atom. The monoisotopic (exact) mass is 993 g/mol. The van der Waals surface area contributed by atoms with Gasteiger partial charge >= 0.3 is 0 Å². The first-order valence-electron chi connectivity index (χ1n) is 27.1. The molecule has 0 saturated carbocycles. The van der Waals surface area contributed by atoms with Gasteiger partial charge in [0.25, 0.3) is 0 Å². The van der Waals surface area contributed by atoms with E-state index in [9.17, 15) is 0 Å². The van der Waals surface area contributed by atoms with Crippen molar-refractivity contribution >= 4 is 18.5 Å². The van der Waals surface area contributed by atoms with Gasteiger partial charge in [0, 0.05) is 18.4 Å². The van der Waals surface area contributed by atoms with Gasteiger partial charge in [0.2, 0.25) is 0 Å². The molecule has 5 rings (SSSR count). The summed E-state index contributed by atoms with van der Waals surface area (Å²) >= 11 is 0. The predicted octanol–water partition coefficient (Wildman–Crippen LogP) is 17.7. The highest BCUT2D eigenvalue weighted by molar-refractivity contribution is 7.72. The van der Waals surface area contributed by atoms with Crippen molar-refractivity contribution in [3.05, 3.63) is 176 Å². The summed E-state index contributed by atoms with van der Waals surface area (Å²) in [7, 11) is -0.858. The first kappa shape index (κ1) is 58.3. The van der Waals surface area contributed by atoms with E-state index >= 15 is 0 Å². The van der Waals surface area contributed by atoms with Gasteiger partial charge in [-0.25, -0.2) is 0 Å². The van der Waals surface area contributed by atoms with E-state index in [4.69, 9.17) is 18.9 Å². The lowest BCUT2D eigenvalue weighted by Gasteiger charge is -2.31. The van der Waals surface area contributed by atoms with Gasteiger partial charge in [-0.15, -0.1) is 0 Å². The summed E-state index contributed by atoms with van der Waals surface area (Å²) in [5.74, 6) is 2.85. The molecular formula is C67H93O4P. The summed E-state index contributed by atoms with van der Waals surface area (Å²) < 4.78 is 28.3. The zero-order valence-electron chi connectivity index (χ0n) is 48.1. The Morgan fingerprint density at radius 1 is 0.556 bits per heavy atom. The van der Waals surface area contributed by atoms with E-state index in [1.54, 1.807) is 0 Å². The van der Waals surface area contributed by atoms with Crippen LogP contribution in [0.2, 0.25) is 0 Å². The first-order valence-corrected chi connectivity index (χ1v) is 28.7. The van der Waals surface area contributed by atoms with Crippen molar-refractivity contribution in [3.8, 4) is 11.5 Å². The quantitative estimate of drug-likeness (QED) is 0.0393. The third-order valence-electron chi connectivity index (χ3n) is 13.8. The molecule has 5 aromatic carbocycles. The Kier molecular flexibility index (Phi) is 20.7. The highest BCUT2D eigenvalue weighted by Gasteiger charge is 2.31. The van der Waals surface area contributed by atoms with E-state index in [1.807, 2.05) is 0 Å². The lowest BCUT2D eigenvalue weighted by molar-refractivity contribution is 0.116. The molecule has 390 valence electrons. The van der Waals surface area contributed by atoms with Gasteiger partial charge in [-0.05, 0) is 136 Å². The molecule has 1 atom stereocenters. The van der Waals surface area contributed by atoms with Gasteiger partial charge in [0.1, 0.15) is 17.6 Å². The van der Waals surface area contributed by atoms with Crippen molar-refractivity contribution in [3.63, 3.8) is 0 Å². The molecule has 0 aliphatic rings. The van der Waals surface area contributed by atoms with Crippen LogP contribution in [0.1, 0.15) is 200 Å². The van der Waals surface area contributed by atoms with Crippen LogP contribution in [0.5, 0.6) is 11.5 Å². The number of benzene rings is 5. The van der Waals surface area contributed by atoms with Gasteiger partial charge in [0.05, 0.1) is 31.9 Å². The Bertz CT molecular complexity index is 2530. The van der Waals surface area contributed by atoms with E-state index in [2.05, 4.69) is 234 Å². The second-order valence-corrected chi connectivity index (χ2v) is 26.2. The zero-order valence-corrected chi connectivity index (χ0v) is 49.0. The molecule has 0 N–H and O–H groups in total. The molecule has 0 spiro atoms. The maximum absolute atomic E-state index is 7.66. The van der Waals surface area contributed by atoms with Crippen molar-refractivity contribution in [2.24, 2.45) is 5.41 Å². The van der Waals surface area contributed by atoms with E-state index in [0.29, 0.717) is 39.0 Å². The molecule has 1 unspecified atom stereocenters. The topological polar surface area (TPSA) is 36.9 Å². The zero-order chi connectivity index (χ0) is 53.0. The second kappa shape index (κ2) is 25.5. The number of rotatable bonds is 22. The van der Waals surface area contributed by atoms with Crippen LogP contribution < -0.4 is 20.1 Å². The van der Waals surface area contributed by atoms with Gasteiger partial charge in [0.15, 0.2) is 0 Å². The molecule has 0 aliphatic heterocycles. The highest BCUT2D eigenvalue weighted by Crippen LogP contribution is 2.46. The van der Waals surface area contributed by atoms with E-state index in [-0.39, 0.29) is 21.7 Å². The Hall–Kier alpha value is -4.63. The van der Waals surface area contributed by atoms with Crippen molar-refractivity contribution in [1.82, 2.24) is 0 Å². The standard InChI is InChI=1S/C67H93O4P/c1-19-33-68-48(6)50(36-47(5)64(7,8)9)39-52-42-56(66(13,14)15)43-53(61(52)69-34-20-2)40-54-44-57(67(16,17)18)45-60(62(54)70-35-21-3)63(51-37-49(22-4)38-55(41-51)65(10,11)12)71-46-72(58-29-25-23-26-30-58)59-31-27-24-28-32-59/h23-32,36-38,41-45,63H,19-22,33-35,39-40,46H2,1-18H3/b47-36+,50-48-. The summed E-state index contributed by atoms with van der Waals surface area (Å²) in [6, 6.07) is 38.7. The Morgan fingerprint density at radius 3 is 1.54 bits per heavy atom. The largest absolute Gasteiger partial charge is 0.498 e. The van der Waals surface area contributed by atoms with Crippen molar-refractivity contribution in [1.29, 1.82) is 0 Å². The molecule has 0 aromatic heterocycles. The summed E-state index contributed by atoms with van der Waals surface area (Å²) in [6.45, 7) is 42.9. The Balaban J connectivity index is 1.86. The molecule has 0 radical (unpaired) electrons. The van der Waals surface area contributed by atoms with Crippen LogP contribution in [0.15, 0.2) is 126 Å². The molecule has 0 heterocycles. The minimum Gasteiger partial charge on any atom is -0.498 e. The molecular weight excluding hydrogens is 900 g/mol. The fourth-order valence-electron chi connectivity index (χ4n) is 8.74. The highest BCUT2D eigenvalue weighted by atomic mass is 31.1. The summed E-state index contributed by atoms with van der Waals surface area (Å²) in [5.41, 5.74) is 13.1. The van der Waals surface area contributed by atoms with E-state index in [1.165, 1.54) is 55.1 Å². The molecule has 4 nitrogen and oxygen atoms in total. The third kappa shape index (κ3) is 15.9. The summed E-state index contributed by atoms with van der Waals surface area (Å²) in [4.78, 5) is 0. The normalized spacial score (nSPS) is 13.6. The van der Waals surface area contributed by atoms with Crippen molar-refractivity contribution in [2.45, 2.75) is 186 Å². The van der Waals surface area contributed by atoms with E-state index < -0.39 is 14.0 Å². The lowest BCUT2D eigenvalue weighted by atomic mass is 9.80. The summed E-state index contributed by atoms with van der Waals surface area (Å²) in [5, 5.41) is 2.59. The minimum atomic E-state index is -0.858. The molecule has 5 aromatic rings. The number of hydrogen-bond acceptors (Lipinski definition) is 4. The van der Waals surface area contributed by atoms with Gasteiger partial charge in [-0.3, -0.25) is 0 Å². The van der Waals surface area contributed by atoms with Crippen LogP contribution in [0.3, 0.4) is 0 Å². The van der Waals surface area contributed by atoms with Gasteiger partial charge < -0.3 is 18.9 Å². The number of hydrogen-bond donors (Lipinski definition) is 0. The van der Waals surface area contributed by atoms with Crippen LogP contribution in [-0.2, 0) is 45.0 Å². The van der Waals surface area contributed by atoms with Gasteiger partial charge in [-0.2, -0.15) is 0 Å². The summed E-state index contributed by atoms with van der Waals surface area (Å²) in [6.07, 6.45) is 7.48. The number of allylic oxidation sites excluding steroid dienone is 4. The Labute approximate surface area is 440 Å². The van der Waals surface area contributed by atoms with Crippen LogP contribution in [0, 0.1) is 5.41 Å². The maximum Gasteiger partial charge on any atom is 0.128 e. The lowest BCUT2D eigenvalue weighted by Crippen LogP contribution is -2.20. The molecule has 0 aliphatic carbocycles. The average molecular weight is 993 g/mol. The predicted molar refractivity (Wildman–Crippen MR) is 312 cm³/mol. The second-order valence-electron chi connectivity index (χ2n) is 24.1. The average Bonchev–Trinajstić information content (AvgIpc) is 3.32. The molecule has 0 saturated heterocycles. The minimum absolute atomic E-state index is 0.0136. The molecule has 5 heteroatoms. The van der Waals surface area contributed by atoms with Gasteiger partial charge in [-0.1, -0.05) is 219 Å². The fraction of sp³-hybridized carbons (Fsp3) is 0.493. The van der Waals surface area contributed by atoms with E-state index in [0.717, 1.165) is 59.6 Å². The molecule has 0 fully saturated rings. The smallest absolute Gasteiger partial charge is 0.128 e. The van der Waals surface area contributed by atoms with Crippen LogP contribution >= 0.6 is 7.92 Å². The van der Waals surface area contributed by atoms with Crippen LogP contribution in [0.25, 0.3) is 0 Å². The number of ether oxygens (including phenoxy) is 4. The molecule has 0 bridgehead atoms. The van der Waals surface area contributed by atoms with Crippen molar-refractivity contribution in [2.75, 3.05) is 26.2 Å². The third-order valence-corrected chi connectivity index (χ3v) is 16.0. The molecule has 0 amide bonds. The molecule has 72 heavy (non-hydrogen) atoms.